The maximum absolute atomic E-state index is 14.3. The third-order valence-corrected chi connectivity index (χ3v) is 4.80. The van der Waals surface area contributed by atoms with Gasteiger partial charge in [-0.3, -0.25) is 14.6 Å². The molecule has 1 aromatic carbocycles. The molecule has 0 aliphatic rings. The van der Waals surface area contributed by atoms with Crippen LogP contribution in [0.3, 0.4) is 0 Å². The molecular formula is C20H20F2IN3O5. The van der Waals surface area contributed by atoms with Gasteiger partial charge >= 0.3 is 5.91 Å². The van der Waals surface area contributed by atoms with Crippen LogP contribution >= 0.6 is 22.6 Å². The van der Waals surface area contributed by atoms with E-state index in [0.717, 1.165) is 12.1 Å². The molecule has 3 N–H and O–H groups in total. The van der Waals surface area contributed by atoms with Crippen LogP contribution in [-0.4, -0.2) is 35.0 Å². The molecule has 0 bridgehead atoms. The molecule has 0 spiro atoms. The zero-order valence-corrected chi connectivity index (χ0v) is 18.8. The first-order valence-corrected chi connectivity index (χ1v) is 10.3. The summed E-state index contributed by atoms with van der Waals surface area (Å²) in [4.78, 5) is 21.7. The van der Waals surface area contributed by atoms with Gasteiger partial charge in [-0.25, -0.2) is 14.3 Å². The molecule has 2 aromatic heterocycles. The van der Waals surface area contributed by atoms with Crippen molar-refractivity contribution in [1.82, 2.24) is 10.5 Å². The van der Waals surface area contributed by atoms with E-state index in [-0.39, 0.29) is 33.9 Å². The third kappa shape index (κ3) is 6.09. The van der Waals surface area contributed by atoms with Gasteiger partial charge < -0.3 is 19.6 Å². The molecule has 0 atom stereocenters. The second-order valence-corrected chi connectivity index (χ2v) is 8.14. The normalized spacial score (nSPS) is 11.7. The van der Waals surface area contributed by atoms with Crippen molar-refractivity contribution < 1.29 is 32.7 Å². The van der Waals surface area contributed by atoms with Crippen LogP contribution in [0, 0.1) is 15.2 Å². The quantitative estimate of drug-likeness (QED) is 0.121. The summed E-state index contributed by atoms with van der Waals surface area (Å²) < 4.78 is 39.1. The number of aliphatic hydroxyl groups is 1. The summed E-state index contributed by atoms with van der Waals surface area (Å²) in [5.74, 6) is -3.48. The van der Waals surface area contributed by atoms with E-state index in [2.05, 4.69) is 15.8 Å². The number of rotatable bonds is 9. The number of halogens is 3. The van der Waals surface area contributed by atoms with Crippen molar-refractivity contribution in [2.45, 2.75) is 26.1 Å². The zero-order chi connectivity index (χ0) is 22.6. The number of furan rings is 1. The number of benzene rings is 1. The van der Waals surface area contributed by atoms with Gasteiger partial charge in [0, 0.05) is 18.5 Å². The minimum absolute atomic E-state index is 0.114. The van der Waals surface area contributed by atoms with Gasteiger partial charge in [-0.1, -0.05) is 0 Å². The van der Waals surface area contributed by atoms with E-state index < -0.39 is 23.3 Å². The average molecular weight is 547 g/mol. The molecule has 3 aromatic rings. The van der Waals surface area contributed by atoms with Gasteiger partial charge in [0.15, 0.2) is 5.79 Å². The summed E-state index contributed by atoms with van der Waals surface area (Å²) in [5, 5.41) is 12.6. The maximum atomic E-state index is 14.3. The topological polar surface area (TPSA) is 106 Å². The van der Waals surface area contributed by atoms with Crippen molar-refractivity contribution in [3.63, 3.8) is 0 Å². The fourth-order valence-electron chi connectivity index (χ4n) is 2.59. The number of nitrogens with one attached hydrogen (secondary N) is 2. The number of carbonyl (C=O) groups is 1. The minimum atomic E-state index is -1.25. The van der Waals surface area contributed by atoms with Crippen molar-refractivity contribution in [3.8, 4) is 0 Å². The first-order chi connectivity index (χ1) is 14.7. The van der Waals surface area contributed by atoms with E-state index in [1.54, 1.807) is 22.6 Å². The predicted molar refractivity (Wildman–Crippen MR) is 117 cm³/mol. The number of pyridine rings is 1. The average Bonchev–Trinajstić information content (AvgIpc) is 3.06. The van der Waals surface area contributed by atoms with Crippen LogP contribution in [0.5, 0.6) is 0 Å². The number of carbonyl (C=O) groups excluding carboxylic acids is 1. The number of hydrogen-bond donors (Lipinski definition) is 3. The maximum Gasteiger partial charge on any atom is 0.312 e. The Bertz CT molecular complexity index is 1080. The molecule has 0 fully saturated rings. The number of hydroxylamine groups is 1. The van der Waals surface area contributed by atoms with Crippen LogP contribution in [-0.2, 0) is 9.57 Å². The number of aromatic nitrogens is 1. The van der Waals surface area contributed by atoms with Gasteiger partial charge in [0.1, 0.15) is 22.9 Å². The zero-order valence-electron chi connectivity index (χ0n) is 16.7. The number of amides is 1. The Morgan fingerprint density at radius 1 is 1.29 bits per heavy atom. The molecule has 2 heterocycles. The van der Waals surface area contributed by atoms with Gasteiger partial charge in [-0.2, -0.15) is 0 Å². The highest BCUT2D eigenvalue weighted by Crippen LogP contribution is 2.34. The number of nitrogens with zero attached hydrogens (tertiary/aromatic N) is 1. The molecule has 3 rings (SSSR count). The summed E-state index contributed by atoms with van der Waals surface area (Å²) in [5.41, 5.74) is 2.52. The summed E-state index contributed by atoms with van der Waals surface area (Å²) in [6.07, 6.45) is 3.32. The summed E-state index contributed by atoms with van der Waals surface area (Å²) in [6, 6.07) is 3.57. The van der Waals surface area contributed by atoms with E-state index in [1.807, 2.05) is 0 Å². The first-order valence-electron chi connectivity index (χ1n) is 9.22. The van der Waals surface area contributed by atoms with Crippen molar-refractivity contribution in [2.75, 3.05) is 18.5 Å². The summed E-state index contributed by atoms with van der Waals surface area (Å²) in [7, 11) is 0. The standard InChI is InChI=1S/C20H20F2IN3O5/c1-20(2,28)29-6-3-7-30-26-19(27)18-17(11-10-24-5-4-16(11)31-18)25-15-9-12(21)14(23)8-13(15)22/h4-5,8-10,25,28H,3,6-7H2,1-2H3,(H,26,27). The lowest BCUT2D eigenvalue weighted by Crippen LogP contribution is -2.27. The smallest absolute Gasteiger partial charge is 0.312 e. The van der Waals surface area contributed by atoms with E-state index in [9.17, 15) is 18.7 Å². The lowest BCUT2D eigenvalue weighted by molar-refractivity contribution is -0.178. The Morgan fingerprint density at radius 3 is 2.81 bits per heavy atom. The Labute approximate surface area is 190 Å². The number of fused-ring (bicyclic) bond motifs is 1. The van der Waals surface area contributed by atoms with Crippen LogP contribution in [0.2, 0.25) is 0 Å². The molecule has 0 radical (unpaired) electrons. The van der Waals surface area contributed by atoms with E-state index in [4.69, 9.17) is 14.0 Å². The van der Waals surface area contributed by atoms with Gasteiger partial charge in [0.2, 0.25) is 5.76 Å². The van der Waals surface area contributed by atoms with Gasteiger partial charge in [0.25, 0.3) is 0 Å². The molecule has 0 saturated heterocycles. The highest BCUT2D eigenvalue weighted by molar-refractivity contribution is 14.1. The molecule has 1 amide bonds. The second kappa shape index (κ2) is 9.85. The van der Waals surface area contributed by atoms with Crippen LogP contribution in [0.1, 0.15) is 30.8 Å². The Kier molecular flexibility index (Phi) is 7.41. The predicted octanol–water partition coefficient (Wildman–Crippen LogP) is 4.25. The number of hydrogen-bond acceptors (Lipinski definition) is 7. The van der Waals surface area contributed by atoms with Crippen LogP contribution < -0.4 is 10.8 Å². The van der Waals surface area contributed by atoms with Crippen molar-refractivity contribution in [3.05, 3.63) is 51.6 Å². The minimum Gasteiger partial charge on any atom is -0.448 e. The SMILES string of the molecule is CC(C)(O)OCCCONC(=O)c1oc2ccncc2c1Nc1cc(F)c(I)cc1F. The van der Waals surface area contributed by atoms with E-state index in [1.165, 1.54) is 32.3 Å². The Hall–Kier alpha value is -2.35. The molecule has 8 nitrogen and oxygen atoms in total. The summed E-state index contributed by atoms with van der Waals surface area (Å²) >= 11 is 1.68. The molecule has 166 valence electrons. The van der Waals surface area contributed by atoms with Crippen molar-refractivity contribution in [1.29, 1.82) is 0 Å². The molecule has 0 aliphatic carbocycles. The fourth-order valence-corrected chi connectivity index (χ4v) is 3.02. The van der Waals surface area contributed by atoms with E-state index >= 15 is 0 Å². The monoisotopic (exact) mass is 547 g/mol. The van der Waals surface area contributed by atoms with Gasteiger partial charge in [0.05, 0.1) is 27.9 Å². The molecule has 0 unspecified atom stereocenters. The largest absolute Gasteiger partial charge is 0.448 e. The molecule has 31 heavy (non-hydrogen) atoms. The lowest BCUT2D eigenvalue weighted by atomic mass is 10.2. The molecular weight excluding hydrogens is 527 g/mol. The van der Waals surface area contributed by atoms with E-state index in [0.29, 0.717) is 17.4 Å². The van der Waals surface area contributed by atoms with Gasteiger partial charge in [-0.05, 0) is 55.0 Å². The third-order valence-electron chi connectivity index (χ3n) is 3.98. The number of anilines is 2. The molecule has 11 heteroatoms. The van der Waals surface area contributed by atoms with Crippen LogP contribution in [0.15, 0.2) is 35.0 Å². The fraction of sp³-hybridized carbons (Fsp3) is 0.300. The molecule has 0 saturated carbocycles. The highest BCUT2D eigenvalue weighted by atomic mass is 127. The van der Waals surface area contributed by atoms with Crippen molar-refractivity contribution in [2.24, 2.45) is 0 Å². The Balaban J connectivity index is 1.75. The lowest BCUT2D eigenvalue weighted by Gasteiger charge is -2.17. The number of ether oxygens (including phenoxy) is 1. The highest BCUT2D eigenvalue weighted by Gasteiger charge is 2.23. The van der Waals surface area contributed by atoms with Crippen molar-refractivity contribution >= 4 is 50.8 Å². The summed E-state index contributed by atoms with van der Waals surface area (Å²) in [6.45, 7) is 3.34. The second-order valence-electron chi connectivity index (χ2n) is 6.98. The van der Waals surface area contributed by atoms with Crippen LogP contribution in [0.25, 0.3) is 11.0 Å². The van der Waals surface area contributed by atoms with Gasteiger partial charge in [-0.15, -0.1) is 0 Å². The Morgan fingerprint density at radius 2 is 2.06 bits per heavy atom. The van der Waals surface area contributed by atoms with Crippen LogP contribution in [0.4, 0.5) is 20.2 Å². The first kappa shape index (κ1) is 23.3. The molecule has 0 aliphatic heterocycles.